The molecule has 0 bridgehead atoms. The summed E-state index contributed by atoms with van der Waals surface area (Å²) in [4.78, 5) is 0. The minimum atomic E-state index is -1.88. The second kappa shape index (κ2) is 6.74. The Hall–Kier alpha value is 0.0969. The van der Waals surface area contributed by atoms with E-state index in [1.54, 1.807) is 0 Å². The maximum Gasteiger partial charge on any atom is 0.200 e. The molecular weight excluding hydrogens is 220 g/mol. The van der Waals surface area contributed by atoms with E-state index in [2.05, 4.69) is 41.5 Å². The van der Waals surface area contributed by atoms with Gasteiger partial charge in [0.2, 0.25) is 0 Å². The van der Waals surface area contributed by atoms with Gasteiger partial charge >= 0.3 is 0 Å². The molecule has 98 valence electrons. The van der Waals surface area contributed by atoms with Crippen LogP contribution >= 0.6 is 0 Å². The van der Waals surface area contributed by atoms with Gasteiger partial charge in [-0.2, -0.15) is 0 Å². The highest BCUT2D eigenvalue weighted by molar-refractivity contribution is 6.77. The molecule has 0 saturated heterocycles. The number of aliphatic hydroxyl groups excluding tert-OH is 2. The minimum Gasteiger partial charge on any atom is -0.413 e. The van der Waals surface area contributed by atoms with Crippen LogP contribution in [0.25, 0.3) is 0 Å². The third-order valence-electron chi connectivity index (χ3n) is 3.44. The third-order valence-corrected chi connectivity index (χ3v) is 9.52. The van der Waals surface area contributed by atoms with Crippen molar-refractivity contribution in [3.63, 3.8) is 0 Å². The molecule has 0 aromatic carbocycles. The summed E-state index contributed by atoms with van der Waals surface area (Å²) in [5.41, 5.74) is 1.54. The molecule has 0 fully saturated rings. The smallest absolute Gasteiger partial charge is 0.200 e. The van der Waals surface area contributed by atoms with E-state index in [0.29, 0.717) is 16.6 Å². The summed E-state index contributed by atoms with van der Waals surface area (Å²) >= 11 is 0. The summed E-state index contributed by atoms with van der Waals surface area (Å²) in [7, 11) is -1.88. The first-order valence-electron chi connectivity index (χ1n) is 6.21. The Kier molecular flexibility index (Phi) is 6.78. The molecule has 0 spiro atoms. The fraction of sp³-hybridized carbons (Fsp3) is 1.00. The number of hydrogen-bond acceptors (Lipinski definition) is 3. The van der Waals surface area contributed by atoms with Crippen molar-refractivity contribution in [1.82, 2.24) is 0 Å². The highest BCUT2D eigenvalue weighted by Crippen LogP contribution is 2.42. The lowest BCUT2D eigenvalue weighted by atomic mass is 10.4. The van der Waals surface area contributed by atoms with Crippen molar-refractivity contribution in [2.24, 2.45) is 0 Å². The van der Waals surface area contributed by atoms with Gasteiger partial charge in [0.1, 0.15) is 0 Å². The Morgan fingerprint density at radius 2 is 1.31 bits per heavy atom. The molecule has 0 heterocycles. The summed E-state index contributed by atoms with van der Waals surface area (Å²) in [6.45, 7) is 13.3. The zero-order valence-electron chi connectivity index (χ0n) is 11.5. The van der Waals surface area contributed by atoms with Crippen molar-refractivity contribution in [3.05, 3.63) is 0 Å². The van der Waals surface area contributed by atoms with Gasteiger partial charge in [-0.15, -0.1) is 0 Å². The van der Waals surface area contributed by atoms with E-state index < -0.39 is 14.4 Å². The maximum atomic E-state index is 9.41. The minimum absolute atomic E-state index is 0.223. The summed E-state index contributed by atoms with van der Waals surface area (Å²) in [6.07, 6.45) is -0.747. The molecule has 0 amide bonds. The average molecular weight is 248 g/mol. The van der Waals surface area contributed by atoms with Gasteiger partial charge in [-0.05, 0) is 16.6 Å². The van der Waals surface area contributed by atoms with Crippen molar-refractivity contribution in [2.45, 2.75) is 64.3 Å². The Bertz CT molecular complexity index is 171. The summed E-state index contributed by atoms with van der Waals surface area (Å²) in [5, 5.41) is 18.2. The van der Waals surface area contributed by atoms with Crippen LogP contribution in [0, 0.1) is 0 Å². The molecule has 16 heavy (non-hydrogen) atoms. The quantitative estimate of drug-likeness (QED) is 0.681. The lowest BCUT2D eigenvalue weighted by Gasteiger charge is -2.42. The molecule has 2 N–H and O–H groups in total. The van der Waals surface area contributed by atoms with E-state index in [4.69, 9.17) is 9.53 Å². The van der Waals surface area contributed by atoms with Gasteiger partial charge in [-0.1, -0.05) is 41.5 Å². The molecule has 0 rings (SSSR count). The average Bonchev–Trinajstić information content (AvgIpc) is 2.16. The van der Waals surface area contributed by atoms with Crippen LogP contribution in [-0.4, -0.2) is 37.8 Å². The zero-order chi connectivity index (χ0) is 12.9. The van der Waals surface area contributed by atoms with Gasteiger partial charge in [0, 0.05) is 0 Å². The Morgan fingerprint density at radius 1 is 0.938 bits per heavy atom. The fourth-order valence-corrected chi connectivity index (χ4v) is 8.27. The molecule has 0 aliphatic rings. The maximum absolute atomic E-state index is 9.41. The molecule has 3 nitrogen and oxygen atoms in total. The Morgan fingerprint density at radius 3 is 1.56 bits per heavy atom. The predicted octanol–water partition coefficient (Wildman–Crippen LogP) is 2.53. The topological polar surface area (TPSA) is 49.7 Å². The molecule has 0 aliphatic heterocycles. The van der Waals surface area contributed by atoms with Crippen molar-refractivity contribution >= 4 is 8.32 Å². The van der Waals surface area contributed by atoms with Crippen LogP contribution in [0.4, 0.5) is 0 Å². The second-order valence-corrected chi connectivity index (χ2v) is 10.9. The zero-order valence-corrected chi connectivity index (χ0v) is 12.5. The highest BCUT2D eigenvalue weighted by Gasteiger charge is 2.45. The molecular formula is C12H28O3Si. The van der Waals surface area contributed by atoms with Crippen molar-refractivity contribution in [1.29, 1.82) is 0 Å². The summed E-state index contributed by atoms with van der Waals surface area (Å²) in [5.74, 6) is 0. The Labute approximate surface area is 101 Å². The van der Waals surface area contributed by atoms with E-state index in [-0.39, 0.29) is 13.2 Å². The second-order valence-electron chi connectivity index (χ2n) is 5.47. The number of rotatable bonds is 7. The predicted molar refractivity (Wildman–Crippen MR) is 70.1 cm³/mol. The first-order valence-corrected chi connectivity index (χ1v) is 8.35. The normalized spacial score (nSPS) is 15.2. The standard InChI is InChI=1S/C12H28O3Si/c1-9(2)16(10(3)4,11(5)6)15-8-12(14)7-13/h9-14H,7-8H2,1-6H3. The lowest BCUT2D eigenvalue weighted by Crippen LogP contribution is -2.49. The number of hydrogen-bond donors (Lipinski definition) is 2. The summed E-state index contributed by atoms with van der Waals surface area (Å²) < 4.78 is 6.10. The van der Waals surface area contributed by atoms with Crippen LogP contribution in [0.15, 0.2) is 0 Å². The molecule has 0 aromatic rings. The van der Waals surface area contributed by atoms with Gasteiger partial charge < -0.3 is 14.6 Å². The largest absolute Gasteiger partial charge is 0.413 e. The number of aliphatic hydroxyl groups is 2. The first kappa shape index (κ1) is 16.1. The van der Waals surface area contributed by atoms with Crippen molar-refractivity contribution in [3.8, 4) is 0 Å². The Balaban J connectivity index is 4.77. The van der Waals surface area contributed by atoms with E-state index in [9.17, 15) is 5.11 Å². The van der Waals surface area contributed by atoms with E-state index in [1.807, 2.05) is 0 Å². The molecule has 0 aliphatic carbocycles. The van der Waals surface area contributed by atoms with Gasteiger partial charge in [0.25, 0.3) is 0 Å². The van der Waals surface area contributed by atoms with Crippen LogP contribution < -0.4 is 0 Å². The van der Waals surface area contributed by atoms with Crippen molar-refractivity contribution < 1.29 is 14.6 Å². The van der Waals surface area contributed by atoms with E-state index in [0.717, 1.165) is 0 Å². The van der Waals surface area contributed by atoms with Gasteiger partial charge in [0.05, 0.1) is 19.3 Å². The molecule has 1 unspecified atom stereocenters. The third kappa shape index (κ3) is 3.55. The van der Waals surface area contributed by atoms with Gasteiger partial charge in [-0.25, -0.2) is 0 Å². The van der Waals surface area contributed by atoms with E-state index in [1.165, 1.54) is 0 Å². The summed E-state index contributed by atoms with van der Waals surface area (Å²) in [6, 6.07) is 0. The first-order chi connectivity index (χ1) is 7.28. The van der Waals surface area contributed by atoms with E-state index >= 15 is 0 Å². The van der Waals surface area contributed by atoms with Gasteiger partial charge in [0.15, 0.2) is 8.32 Å². The van der Waals surface area contributed by atoms with Crippen LogP contribution in [0.5, 0.6) is 0 Å². The molecule has 0 saturated carbocycles. The highest BCUT2D eigenvalue weighted by atomic mass is 28.4. The van der Waals surface area contributed by atoms with Crippen molar-refractivity contribution in [2.75, 3.05) is 13.2 Å². The van der Waals surface area contributed by atoms with Crippen LogP contribution in [-0.2, 0) is 4.43 Å². The SMILES string of the molecule is CC(C)[Si](OCC(O)CO)(C(C)C)C(C)C. The molecule has 4 heteroatoms. The van der Waals surface area contributed by atoms with Crippen LogP contribution in [0.1, 0.15) is 41.5 Å². The van der Waals surface area contributed by atoms with Crippen LogP contribution in [0.2, 0.25) is 16.6 Å². The monoisotopic (exact) mass is 248 g/mol. The molecule has 1 atom stereocenters. The fourth-order valence-electron chi connectivity index (χ4n) is 2.79. The lowest BCUT2D eigenvalue weighted by molar-refractivity contribution is 0.0474. The molecule has 0 aromatic heterocycles. The molecule has 0 radical (unpaired) electrons. The van der Waals surface area contributed by atoms with Gasteiger partial charge in [-0.3, -0.25) is 0 Å². The van der Waals surface area contributed by atoms with Crippen LogP contribution in [0.3, 0.4) is 0 Å².